The molecular weight excluding hydrogens is 278 g/mol. The summed E-state index contributed by atoms with van der Waals surface area (Å²) in [5.74, 6) is 0. The first kappa shape index (κ1) is 10.7. The highest BCUT2D eigenvalue weighted by atomic mass is 35.5. The summed E-state index contributed by atoms with van der Waals surface area (Å²) in [4.78, 5) is 4.12. The molecule has 3 N–H and O–H groups in total. The normalized spacial score (nSPS) is 10.9. The number of thiazole rings is 1. The van der Waals surface area contributed by atoms with Crippen LogP contribution in [0.25, 0.3) is 11.0 Å². The summed E-state index contributed by atoms with van der Waals surface area (Å²) < 4.78 is 8.37. The van der Waals surface area contributed by atoms with Crippen LogP contribution in [0.3, 0.4) is 0 Å². The lowest BCUT2D eigenvalue weighted by Gasteiger charge is -2.04. The molecule has 0 radical (unpaired) electrons. The Morgan fingerprint density at radius 3 is 2.94 bits per heavy atom. The topological polar surface area (TPSA) is 76.7 Å². The quantitative estimate of drug-likeness (QED) is 0.755. The number of hydrogen-bond acceptors (Lipinski definition) is 7. The molecule has 1 aromatic carbocycles. The Morgan fingerprint density at radius 1 is 1.29 bits per heavy atom. The molecule has 8 heteroatoms. The van der Waals surface area contributed by atoms with Gasteiger partial charge in [0.05, 0.1) is 28.6 Å². The van der Waals surface area contributed by atoms with Crippen LogP contribution in [0.15, 0.2) is 18.3 Å². The number of benzene rings is 1. The Hall–Kier alpha value is -1.44. The van der Waals surface area contributed by atoms with Gasteiger partial charge in [-0.1, -0.05) is 22.9 Å². The average Bonchev–Trinajstić information content (AvgIpc) is 2.91. The molecule has 2 aromatic heterocycles. The van der Waals surface area contributed by atoms with Crippen molar-refractivity contribution in [3.8, 4) is 0 Å². The van der Waals surface area contributed by atoms with E-state index in [0.717, 1.165) is 22.8 Å². The van der Waals surface area contributed by atoms with Gasteiger partial charge in [-0.3, -0.25) is 0 Å². The Bertz CT molecular complexity index is 677. The largest absolute Gasteiger partial charge is 0.389 e. The lowest BCUT2D eigenvalue weighted by atomic mass is 10.2. The first-order valence-corrected chi connectivity index (χ1v) is 6.55. The first-order valence-electron chi connectivity index (χ1n) is 4.63. The molecule has 86 valence electrons. The van der Waals surface area contributed by atoms with Gasteiger partial charge in [0.25, 0.3) is 0 Å². The van der Waals surface area contributed by atoms with Gasteiger partial charge in [0, 0.05) is 0 Å². The van der Waals surface area contributed by atoms with E-state index in [1.165, 1.54) is 11.3 Å². The van der Waals surface area contributed by atoms with Gasteiger partial charge in [-0.25, -0.2) is 4.98 Å². The summed E-state index contributed by atoms with van der Waals surface area (Å²) in [7, 11) is 0. The molecule has 0 aliphatic carbocycles. The number of hydrogen-bond donors (Lipinski definition) is 2. The number of nitrogens with two attached hydrogens (primary N) is 1. The van der Waals surface area contributed by atoms with Crippen LogP contribution in [-0.4, -0.2) is 13.7 Å². The van der Waals surface area contributed by atoms with E-state index in [2.05, 4.69) is 19.0 Å². The molecule has 5 nitrogen and oxygen atoms in total. The predicted octanol–water partition coefficient (Wildman–Crippen LogP) is 3.13. The van der Waals surface area contributed by atoms with E-state index in [0.29, 0.717) is 20.8 Å². The van der Waals surface area contributed by atoms with E-state index in [1.807, 2.05) is 6.07 Å². The minimum absolute atomic E-state index is 0.582. The number of nitrogen functional groups attached to an aromatic ring is 1. The first-order chi connectivity index (χ1) is 8.24. The molecule has 0 aliphatic heterocycles. The fraction of sp³-hybridized carbons (Fsp3) is 0. The van der Waals surface area contributed by atoms with Crippen LogP contribution >= 0.6 is 34.7 Å². The Labute approximate surface area is 110 Å². The fourth-order valence-corrected chi connectivity index (χ4v) is 2.73. The second-order valence-corrected chi connectivity index (χ2v) is 5.24. The molecule has 0 saturated heterocycles. The maximum atomic E-state index is 6.14. The highest BCUT2D eigenvalue weighted by Crippen LogP contribution is 2.33. The molecule has 0 saturated carbocycles. The summed E-state index contributed by atoms with van der Waals surface area (Å²) >= 11 is 8.64. The Morgan fingerprint density at radius 2 is 2.18 bits per heavy atom. The molecule has 0 aliphatic rings. The van der Waals surface area contributed by atoms with Crippen LogP contribution in [0.1, 0.15) is 0 Å². The van der Waals surface area contributed by atoms with E-state index in [1.54, 1.807) is 12.3 Å². The van der Waals surface area contributed by atoms with Gasteiger partial charge in [-0.05, 0) is 12.1 Å². The zero-order chi connectivity index (χ0) is 11.8. The van der Waals surface area contributed by atoms with Crippen LogP contribution in [-0.2, 0) is 0 Å². The van der Waals surface area contributed by atoms with Crippen molar-refractivity contribution in [1.29, 1.82) is 0 Å². The van der Waals surface area contributed by atoms with Gasteiger partial charge in [0.2, 0.25) is 0 Å². The van der Waals surface area contributed by atoms with Crippen LogP contribution in [0.5, 0.6) is 0 Å². The lowest BCUT2D eigenvalue weighted by molar-refractivity contribution is 1.39. The highest BCUT2D eigenvalue weighted by molar-refractivity contribution is 7.19. The van der Waals surface area contributed by atoms with Gasteiger partial charge in [0.15, 0.2) is 5.13 Å². The lowest BCUT2D eigenvalue weighted by Crippen LogP contribution is -1.91. The molecule has 3 rings (SSSR count). The van der Waals surface area contributed by atoms with Gasteiger partial charge >= 0.3 is 0 Å². The predicted molar refractivity (Wildman–Crippen MR) is 72.2 cm³/mol. The Kier molecular flexibility index (Phi) is 2.58. The van der Waals surface area contributed by atoms with Gasteiger partial charge in [-0.15, -0.1) is 0 Å². The standard InChI is InChI=1S/C9H6ClN5S2/c10-4-1-2-5-8(15-17-14-5)7(4)13-9-12-3-6(11)16-9/h1-3H,11H2,(H,12,13). The van der Waals surface area contributed by atoms with E-state index in [9.17, 15) is 0 Å². The summed E-state index contributed by atoms with van der Waals surface area (Å²) in [6, 6.07) is 3.62. The molecule has 2 heterocycles. The average molecular weight is 284 g/mol. The fourth-order valence-electron chi connectivity index (χ4n) is 1.40. The molecule has 3 aromatic rings. The van der Waals surface area contributed by atoms with Crippen LogP contribution in [0, 0.1) is 0 Å². The van der Waals surface area contributed by atoms with E-state index in [4.69, 9.17) is 17.3 Å². The van der Waals surface area contributed by atoms with Crippen molar-refractivity contribution in [2.24, 2.45) is 0 Å². The smallest absolute Gasteiger partial charge is 0.189 e. The van der Waals surface area contributed by atoms with Gasteiger partial charge < -0.3 is 11.1 Å². The van der Waals surface area contributed by atoms with Crippen molar-refractivity contribution in [2.45, 2.75) is 0 Å². The van der Waals surface area contributed by atoms with E-state index >= 15 is 0 Å². The maximum absolute atomic E-state index is 6.14. The van der Waals surface area contributed by atoms with Crippen LogP contribution in [0.2, 0.25) is 5.02 Å². The molecular formula is C9H6ClN5S2. The monoisotopic (exact) mass is 283 g/mol. The molecule has 0 spiro atoms. The second-order valence-electron chi connectivity index (χ2n) is 3.25. The number of aromatic nitrogens is 3. The van der Waals surface area contributed by atoms with Crippen LogP contribution < -0.4 is 11.1 Å². The number of rotatable bonds is 2. The molecule has 0 bridgehead atoms. The number of nitrogens with zero attached hydrogens (tertiary/aromatic N) is 3. The van der Waals surface area contributed by atoms with Gasteiger partial charge in [-0.2, -0.15) is 8.75 Å². The highest BCUT2D eigenvalue weighted by Gasteiger charge is 2.11. The molecule has 0 fully saturated rings. The number of fused-ring (bicyclic) bond motifs is 1. The van der Waals surface area contributed by atoms with Gasteiger partial charge in [0.1, 0.15) is 16.0 Å². The third kappa shape index (κ3) is 1.92. The third-order valence-electron chi connectivity index (χ3n) is 2.13. The summed E-state index contributed by atoms with van der Waals surface area (Å²) in [5, 5.41) is 5.03. The summed E-state index contributed by atoms with van der Waals surface area (Å²) in [6.07, 6.45) is 1.60. The minimum atomic E-state index is 0.582. The van der Waals surface area contributed by atoms with Crippen molar-refractivity contribution in [2.75, 3.05) is 11.1 Å². The van der Waals surface area contributed by atoms with Crippen molar-refractivity contribution in [1.82, 2.24) is 13.7 Å². The zero-order valence-corrected chi connectivity index (χ0v) is 10.7. The molecule has 0 atom stereocenters. The van der Waals surface area contributed by atoms with Crippen molar-refractivity contribution >= 4 is 61.5 Å². The summed E-state index contributed by atoms with van der Waals surface area (Å²) in [6.45, 7) is 0. The second kappa shape index (κ2) is 4.10. The summed E-state index contributed by atoms with van der Waals surface area (Å²) in [5.41, 5.74) is 7.89. The molecule has 0 unspecified atom stereocenters. The maximum Gasteiger partial charge on any atom is 0.189 e. The van der Waals surface area contributed by atoms with Crippen molar-refractivity contribution < 1.29 is 0 Å². The third-order valence-corrected chi connectivity index (χ3v) is 3.73. The van der Waals surface area contributed by atoms with E-state index in [-0.39, 0.29) is 0 Å². The number of halogens is 1. The van der Waals surface area contributed by atoms with Crippen molar-refractivity contribution in [3.63, 3.8) is 0 Å². The SMILES string of the molecule is Nc1cnc(Nc2c(Cl)ccc3nsnc23)s1. The van der Waals surface area contributed by atoms with Crippen molar-refractivity contribution in [3.05, 3.63) is 23.4 Å². The number of anilines is 3. The Balaban J connectivity index is 2.09. The van der Waals surface area contributed by atoms with Crippen LogP contribution in [0.4, 0.5) is 15.8 Å². The number of nitrogens with one attached hydrogen (secondary N) is 1. The zero-order valence-electron chi connectivity index (χ0n) is 8.35. The molecule has 17 heavy (non-hydrogen) atoms. The minimum Gasteiger partial charge on any atom is -0.389 e. The van der Waals surface area contributed by atoms with E-state index < -0.39 is 0 Å². The molecule has 0 amide bonds.